The number of hydrogen-bond donors (Lipinski definition) is 1. The van der Waals surface area contributed by atoms with Crippen LogP contribution in [0.15, 0.2) is 0 Å². The summed E-state index contributed by atoms with van der Waals surface area (Å²) < 4.78 is 2.41. The number of rotatable bonds is 9. The Morgan fingerprint density at radius 3 is 1.24 bits per heavy atom. The molecule has 0 fully saturated rings. The number of aliphatic carboxylic acids is 1. The summed E-state index contributed by atoms with van der Waals surface area (Å²) in [6.45, 7) is 8.56. The van der Waals surface area contributed by atoms with Gasteiger partial charge in [0.1, 0.15) is 0 Å². The number of Topliss-reactive ketones (excluding diaryl/α,β-unsaturated/α-hetero) is 1. The van der Waals surface area contributed by atoms with E-state index in [4.69, 9.17) is 5.11 Å². The Kier molecular flexibility index (Phi) is 12.8. The molecule has 0 unspecified atom stereocenters. The molecule has 0 amide bonds. The maximum atomic E-state index is 11.8. The van der Waals surface area contributed by atoms with E-state index in [9.17, 15) is 19.2 Å². The van der Waals surface area contributed by atoms with Gasteiger partial charge in [0.25, 0.3) is 0 Å². The second kappa shape index (κ2) is 11.9. The Morgan fingerprint density at radius 2 is 1.10 bits per heavy atom. The van der Waals surface area contributed by atoms with Gasteiger partial charge in [0.15, 0.2) is 0 Å². The summed E-state index contributed by atoms with van der Waals surface area (Å²) >= 11 is -3.09. The zero-order valence-corrected chi connectivity index (χ0v) is 16.7. The van der Waals surface area contributed by atoms with Crippen molar-refractivity contribution in [3.05, 3.63) is 0 Å². The molecule has 0 aliphatic rings. The molecule has 6 heteroatoms. The van der Waals surface area contributed by atoms with Crippen molar-refractivity contribution in [3.63, 3.8) is 0 Å². The fourth-order valence-corrected chi connectivity index (χ4v) is 13.6. The normalized spacial score (nSPS) is 10.3. The first-order chi connectivity index (χ1) is 9.65. The van der Waals surface area contributed by atoms with Gasteiger partial charge in [-0.15, -0.1) is 0 Å². The van der Waals surface area contributed by atoms with Gasteiger partial charge < -0.3 is 5.11 Å². The standard InChI is InChI=1S/2C4H9.C3H4O3.2C2H3O.Sn/c2*1-3-4-2;1-2(4)3(5)6;2*1-2-3;/h2*1,3-4H2,2H3;1H3,(H,5,6);2*1H3;. The molecule has 0 aliphatic carbocycles. The van der Waals surface area contributed by atoms with Crippen LogP contribution in [0.3, 0.4) is 0 Å². The molecule has 1 N–H and O–H groups in total. The molecule has 0 rings (SSSR count). The van der Waals surface area contributed by atoms with Crippen molar-refractivity contribution in [1.82, 2.24) is 0 Å². The monoisotopic (exact) mass is 408 g/mol. The van der Waals surface area contributed by atoms with Gasteiger partial charge in [0.2, 0.25) is 5.78 Å². The van der Waals surface area contributed by atoms with Crippen LogP contribution in [-0.2, 0) is 19.2 Å². The van der Waals surface area contributed by atoms with E-state index in [0.717, 1.165) is 41.5 Å². The van der Waals surface area contributed by atoms with Crippen LogP contribution < -0.4 is 0 Å². The summed E-state index contributed by atoms with van der Waals surface area (Å²) in [7, 11) is 0. The van der Waals surface area contributed by atoms with Crippen LogP contribution in [0.4, 0.5) is 0 Å². The Morgan fingerprint density at radius 1 is 0.810 bits per heavy atom. The molecule has 0 saturated carbocycles. The van der Waals surface area contributed by atoms with E-state index in [1.807, 2.05) is 0 Å². The first-order valence-electron chi connectivity index (χ1n) is 7.41. The van der Waals surface area contributed by atoms with Gasteiger partial charge in [-0.1, -0.05) is 0 Å². The molecule has 0 aliphatic heterocycles. The molecule has 0 aromatic rings. The molecule has 0 heterocycles. The topological polar surface area (TPSA) is 88.5 Å². The van der Waals surface area contributed by atoms with E-state index in [1.54, 1.807) is 13.8 Å². The third-order valence-electron chi connectivity index (χ3n) is 3.56. The van der Waals surface area contributed by atoms with Crippen molar-refractivity contribution in [2.24, 2.45) is 0 Å². The molecule has 0 aromatic heterocycles. The third-order valence-corrected chi connectivity index (χ3v) is 18.1. The van der Waals surface area contributed by atoms with E-state index in [2.05, 4.69) is 13.8 Å². The van der Waals surface area contributed by atoms with Gasteiger partial charge in [-0.25, -0.2) is 4.79 Å². The van der Waals surface area contributed by atoms with Crippen LogP contribution in [0.2, 0.25) is 8.87 Å². The average Bonchev–Trinajstić information content (AvgIpc) is 2.39. The number of carboxylic acids is 1. The Bertz CT molecular complexity index is 340. The van der Waals surface area contributed by atoms with Crippen molar-refractivity contribution in [1.29, 1.82) is 0 Å². The summed E-state index contributed by atoms with van der Waals surface area (Å²) in [4.78, 5) is 42.5. The van der Waals surface area contributed by atoms with Crippen LogP contribution in [-0.4, -0.2) is 42.8 Å². The second-order valence-corrected chi connectivity index (χ2v) is 18.3. The fraction of sp³-hybridized carbons (Fsp3) is 0.733. The zero-order chi connectivity index (χ0) is 17.1. The predicted molar refractivity (Wildman–Crippen MR) is 84.9 cm³/mol. The molecule has 0 radical (unpaired) electrons. The third kappa shape index (κ3) is 9.01. The van der Waals surface area contributed by atoms with Crippen molar-refractivity contribution in [2.75, 3.05) is 0 Å². The van der Waals surface area contributed by atoms with Crippen LogP contribution in [0.5, 0.6) is 0 Å². The summed E-state index contributed by atoms with van der Waals surface area (Å²) in [5, 5.41) is 7.64. The quantitative estimate of drug-likeness (QED) is 0.469. The number of unbranched alkanes of at least 4 members (excludes halogenated alkanes) is 2. The molecular formula is C15H28O5Sn. The summed E-state index contributed by atoms with van der Waals surface area (Å²) in [6.07, 6.45) is 4.29. The van der Waals surface area contributed by atoms with E-state index >= 15 is 0 Å². The number of carboxylic acid groups (broad SMARTS) is 1. The summed E-state index contributed by atoms with van der Waals surface area (Å²) in [5.74, 6) is -2.20. The van der Waals surface area contributed by atoms with Gasteiger partial charge in [0, 0.05) is 6.92 Å². The molecule has 0 spiro atoms. The molecule has 0 saturated heterocycles. The summed E-state index contributed by atoms with van der Waals surface area (Å²) in [6, 6.07) is 0. The molecular weight excluding hydrogens is 379 g/mol. The van der Waals surface area contributed by atoms with Crippen LogP contribution in [0.25, 0.3) is 0 Å². The van der Waals surface area contributed by atoms with E-state index in [-0.39, 0.29) is 7.60 Å². The fourth-order valence-electron chi connectivity index (χ4n) is 2.03. The van der Waals surface area contributed by atoms with Crippen molar-refractivity contribution >= 4 is 37.7 Å². The maximum absolute atomic E-state index is 11.8. The minimum absolute atomic E-state index is 0.263. The first-order valence-corrected chi connectivity index (χ1v) is 14.3. The van der Waals surface area contributed by atoms with E-state index < -0.39 is 30.1 Å². The Labute approximate surface area is 131 Å². The molecule has 5 nitrogen and oxygen atoms in total. The zero-order valence-electron chi connectivity index (χ0n) is 13.8. The van der Waals surface area contributed by atoms with Crippen molar-refractivity contribution in [3.8, 4) is 0 Å². The molecule has 21 heavy (non-hydrogen) atoms. The Hall–Kier alpha value is -0.721. The van der Waals surface area contributed by atoms with Gasteiger partial charge in [0.05, 0.1) is 0 Å². The number of carbonyl (C=O) groups is 4. The van der Waals surface area contributed by atoms with Crippen LogP contribution in [0.1, 0.15) is 60.3 Å². The molecule has 0 aromatic carbocycles. The average molecular weight is 407 g/mol. The minimum atomic E-state index is -3.09. The van der Waals surface area contributed by atoms with Crippen molar-refractivity contribution in [2.45, 2.75) is 69.2 Å². The number of hydrogen-bond acceptors (Lipinski definition) is 4. The first kappa shape index (κ1) is 22.6. The molecule has 0 atom stereocenters. The van der Waals surface area contributed by atoms with E-state index in [1.165, 1.54) is 0 Å². The van der Waals surface area contributed by atoms with Gasteiger partial charge in [-0.05, 0) is 0 Å². The van der Waals surface area contributed by atoms with Crippen LogP contribution in [0, 0.1) is 0 Å². The van der Waals surface area contributed by atoms with Gasteiger partial charge in [-0.3, -0.25) is 4.79 Å². The number of carbonyl (C=O) groups excluding carboxylic acids is 3. The van der Waals surface area contributed by atoms with Gasteiger partial charge >= 0.3 is 104 Å². The second-order valence-electron chi connectivity index (χ2n) is 5.26. The predicted octanol–water partition coefficient (Wildman–Crippen LogP) is 2.95. The number of ketones is 1. The molecule has 0 bridgehead atoms. The van der Waals surface area contributed by atoms with E-state index in [0.29, 0.717) is 0 Å². The van der Waals surface area contributed by atoms with Gasteiger partial charge in [-0.2, -0.15) is 0 Å². The van der Waals surface area contributed by atoms with Crippen LogP contribution >= 0.6 is 0 Å². The Balaban J connectivity index is 0. The SMILES string of the molecule is CC(=O)C(=O)O.CCC[CH2][Sn]([CH2]CCC)([C](C)=O)[C](C)=O. The van der Waals surface area contributed by atoms with Crippen molar-refractivity contribution < 1.29 is 24.3 Å². The molecule has 122 valence electrons. The summed E-state index contributed by atoms with van der Waals surface area (Å²) in [5.41, 5.74) is 0.